The van der Waals surface area contributed by atoms with Gasteiger partial charge in [-0.05, 0) is 31.7 Å². The molecule has 6 heteroatoms. The second kappa shape index (κ2) is 5.60. The molecular formula is C11H13ClF3NO. The number of hydrogen-bond donors (Lipinski definition) is 1. The van der Waals surface area contributed by atoms with Gasteiger partial charge in [0, 0.05) is 6.54 Å². The first kappa shape index (κ1) is 14.1. The number of rotatable bonds is 4. The van der Waals surface area contributed by atoms with Gasteiger partial charge >= 0.3 is 6.18 Å². The van der Waals surface area contributed by atoms with Gasteiger partial charge in [0.2, 0.25) is 0 Å². The molecule has 0 saturated carbocycles. The Morgan fingerprint density at radius 3 is 2.53 bits per heavy atom. The van der Waals surface area contributed by atoms with Crippen molar-refractivity contribution in [3.63, 3.8) is 0 Å². The lowest BCUT2D eigenvalue weighted by atomic mass is 10.1. The fourth-order valence-corrected chi connectivity index (χ4v) is 1.56. The van der Waals surface area contributed by atoms with E-state index in [0.717, 1.165) is 6.07 Å². The van der Waals surface area contributed by atoms with Crippen LogP contribution in [0.4, 0.5) is 13.2 Å². The van der Waals surface area contributed by atoms with Crippen LogP contribution in [-0.2, 0) is 6.18 Å². The maximum Gasteiger partial charge on any atom is 0.417 e. The SMILES string of the molecule is CNCCOc1cc(Cl)c(C(F)(F)F)cc1C. The molecule has 1 N–H and O–H groups in total. The highest BCUT2D eigenvalue weighted by molar-refractivity contribution is 6.31. The quantitative estimate of drug-likeness (QED) is 0.846. The predicted molar refractivity (Wildman–Crippen MR) is 60.6 cm³/mol. The van der Waals surface area contributed by atoms with E-state index in [9.17, 15) is 13.2 Å². The zero-order valence-electron chi connectivity index (χ0n) is 9.49. The molecule has 0 saturated heterocycles. The summed E-state index contributed by atoms with van der Waals surface area (Å²) in [5, 5.41) is 2.52. The van der Waals surface area contributed by atoms with Gasteiger partial charge in [0.15, 0.2) is 0 Å². The smallest absolute Gasteiger partial charge is 0.417 e. The summed E-state index contributed by atoms with van der Waals surface area (Å²) in [5.74, 6) is 0.373. The third kappa shape index (κ3) is 3.78. The minimum absolute atomic E-state index is 0.345. The van der Waals surface area contributed by atoms with Crippen LogP contribution in [0, 0.1) is 6.92 Å². The first-order valence-electron chi connectivity index (χ1n) is 5.01. The second-order valence-electron chi connectivity index (χ2n) is 3.55. The lowest BCUT2D eigenvalue weighted by molar-refractivity contribution is -0.137. The lowest BCUT2D eigenvalue weighted by Crippen LogP contribution is -2.16. The van der Waals surface area contributed by atoms with Crippen LogP contribution in [0.1, 0.15) is 11.1 Å². The Kier molecular flexibility index (Phi) is 4.65. The van der Waals surface area contributed by atoms with Crippen molar-refractivity contribution in [1.29, 1.82) is 0 Å². The molecule has 0 heterocycles. The van der Waals surface area contributed by atoms with Crippen LogP contribution < -0.4 is 10.1 Å². The van der Waals surface area contributed by atoms with Crippen LogP contribution in [0.15, 0.2) is 12.1 Å². The highest BCUT2D eigenvalue weighted by Crippen LogP contribution is 2.38. The largest absolute Gasteiger partial charge is 0.492 e. The third-order valence-electron chi connectivity index (χ3n) is 2.18. The van der Waals surface area contributed by atoms with E-state index in [1.807, 2.05) is 0 Å². The molecule has 0 amide bonds. The van der Waals surface area contributed by atoms with Gasteiger partial charge in [-0.15, -0.1) is 0 Å². The molecular weight excluding hydrogens is 255 g/mol. The highest BCUT2D eigenvalue weighted by Gasteiger charge is 2.33. The van der Waals surface area contributed by atoms with Crippen LogP contribution in [-0.4, -0.2) is 20.2 Å². The van der Waals surface area contributed by atoms with Gasteiger partial charge < -0.3 is 10.1 Å². The summed E-state index contributed by atoms with van der Waals surface area (Å²) in [5.41, 5.74) is -0.421. The number of ether oxygens (including phenoxy) is 1. The van der Waals surface area contributed by atoms with Crippen molar-refractivity contribution in [2.24, 2.45) is 0 Å². The molecule has 96 valence electrons. The molecule has 17 heavy (non-hydrogen) atoms. The Morgan fingerprint density at radius 2 is 2.00 bits per heavy atom. The van der Waals surface area contributed by atoms with E-state index in [1.54, 1.807) is 14.0 Å². The van der Waals surface area contributed by atoms with Gasteiger partial charge in [-0.1, -0.05) is 11.6 Å². The van der Waals surface area contributed by atoms with E-state index in [-0.39, 0.29) is 5.02 Å². The topological polar surface area (TPSA) is 21.3 Å². The summed E-state index contributed by atoms with van der Waals surface area (Å²) in [7, 11) is 1.76. The van der Waals surface area contributed by atoms with Crippen LogP contribution in [0.3, 0.4) is 0 Å². The van der Waals surface area contributed by atoms with E-state index in [1.165, 1.54) is 6.07 Å². The molecule has 0 aliphatic heterocycles. The monoisotopic (exact) mass is 267 g/mol. The van der Waals surface area contributed by atoms with Crippen molar-refractivity contribution < 1.29 is 17.9 Å². The minimum atomic E-state index is -4.44. The van der Waals surface area contributed by atoms with Crippen molar-refractivity contribution in [3.05, 3.63) is 28.3 Å². The highest BCUT2D eigenvalue weighted by atomic mass is 35.5. The second-order valence-corrected chi connectivity index (χ2v) is 3.95. The van der Waals surface area contributed by atoms with Crippen LogP contribution in [0.5, 0.6) is 5.75 Å². The summed E-state index contributed by atoms with van der Waals surface area (Å²) in [6, 6.07) is 2.20. The third-order valence-corrected chi connectivity index (χ3v) is 2.49. The first-order valence-corrected chi connectivity index (χ1v) is 5.38. The number of alkyl halides is 3. The number of nitrogens with one attached hydrogen (secondary N) is 1. The fourth-order valence-electron chi connectivity index (χ4n) is 1.30. The van der Waals surface area contributed by atoms with Crippen molar-refractivity contribution in [3.8, 4) is 5.75 Å². The molecule has 0 unspecified atom stereocenters. The Labute approximate surface area is 103 Å². The average molecular weight is 268 g/mol. The Bertz CT molecular complexity index is 393. The van der Waals surface area contributed by atoms with Gasteiger partial charge in [-0.2, -0.15) is 13.2 Å². The molecule has 0 aromatic heterocycles. The number of likely N-dealkylation sites (N-methyl/N-ethyl adjacent to an activating group) is 1. The minimum Gasteiger partial charge on any atom is -0.492 e. The molecule has 0 spiro atoms. The average Bonchev–Trinajstić information content (AvgIpc) is 2.21. The summed E-state index contributed by atoms with van der Waals surface area (Å²) < 4.78 is 42.9. The molecule has 0 bridgehead atoms. The maximum atomic E-state index is 12.5. The summed E-state index contributed by atoms with van der Waals surface area (Å²) in [4.78, 5) is 0. The molecule has 0 atom stereocenters. The van der Waals surface area contributed by atoms with Gasteiger partial charge in [0.25, 0.3) is 0 Å². The van der Waals surface area contributed by atoms with E-state index >= 15 is 0 Å². The molecule has 0 radical (unpaired) electrons. The zero-order valence-corrected chi connectivity index (χ0v) is 10.2. The zero-order chi connectivity index (χ0) is 13.1. The van der Waals surface area contributed by atoms with Gasteiger partial charge in [-0.25, -0.2) is 0 Å². The number of aryl methyl sites for hydroxylation is 1. The van der Waals surface area contributed by atoms with Crippen LogP contribution in [0.25, 0.3) is 0 Å². The number of benzene rings is 1. The summed E-state index contributed by atoms with van der Waals surface area (Å²) in [6.45, 7) is 2.54. The van der Waals surface area contributed by atoms with E-state index in [2.05, 4.69) is 5.32 Å². The fraction of sp³-hybridized carbons (Fsp3) is 0.455. The number of hydrogen-bond acceptors (Lipinski definition) is 2. The molecule has 0 aliphatic carbocycles. The first-order chi connectivity index (χ1) is 7.86. The van der Waals surface area contributed by atoms with Crippen molar-refractivity contribution >= 4 is 11.6 Å². The molecule has 1 aromatic carbocycles. The molecule has 0 fully saturated rings. The Morgan fingerprint density at radius 1 is 1.35 bits per heavy atom. The normalized spacial score (nSPS) is 11.6. The van der Waals surface area contributed by atoms with Gasteiger partial charge in [0.05, 0.1) is 10.6 Å². The maximum absolute atomic E-state index is 12.5. The molecule has 1 aromatic rings. The van der Waals surface area contributed by atoms with Crippen LogP contribution in [0.2, 0.25) is 5.02 Å². The summed E-state index contributed by atoms with van der Waals surface area (Å²) >= 11 is 5.58. The summed E-state index contributed by atoms with van der Waals surface area (Å²) in [6.07, 6.45) is -4.44. The van der Waals surface area contributed by atoms with E-state index < -0.39 is 11.7 Å². The molecule has 1 rings (SSSR count). The number of halogens is 4. The van der Waals surface area contributed by atoms with Crippen molar-refractivity contribution in [2.45, 2.75) is 13.1 Å². The lowest BCUT2D eigenvalue weighted by Gasteiger charge is -2.14. The van der Waals surface area contributed by atoms with Gasteiger partial charge in [0.1, 0.15) is 12.4 Å². The van der Waals surface area contributed by atoms with E-state index in [0.29, 0.717) is 24.5 Å². The Balaban J connectivity index is 2.94. The van der Waals surface area contributed by atoms with Crippen LogP contribution >= 0.6 is 11.6 Å². The Hall–Kier alpha value is -0.940. The van der Waals surface area contributed by atoms with Gasteiger partial charge in [-0.3, -0.25) is 0 Å². The molecule has 2 nitrogen and oxygen atoms in total. The molecule has 0 aliphatic rings. The van der Waals surface area contributed by atoms with Crippen molar-refractivity contribution in [1.82, 2.24) is 5.32 Å². The van der Waals surface area contributed by atoms with Crippen molar-refractivity contribution in [2.75, 3.05) is 20.2 Å². The van der Waals surface area contributed by atoms with E-state index in [4.69, 9.17) is 16.3 Å². The predicted octanol–water partition coefficient (Wildman–Crippen LogP) is 3.27. The standard InChI is InChI=1S/C11H13ClF3NO/c1-7-5-8(11(13,14)15)9(12)6-10(7)17-4-3-16-2/h5-6,16H,3-4H2,1-2H3.